The van der Waals surface area contributed by atoms with Gasteiger partial charge in [0.2, 0.25) is 0 Å². The molecule has 2 aliphatic heterocycles. The molecule has 5 heteroatoms. The lowest BCUT2D eigenvalue weighted by atomic mass is 9.89. The molecular formula is C14H16N2O2S. The van der Waals surface area contributed by atoms with E-state index in [1.165, 1.54) is 5.56 Å². The molecule has 0 unspecified atom stereocenters. The summed E-state index contributed by atoms with van der Waals surface area (Å²) < 4.78 is 0. The first-order valence-corrected chi connectivity index (χ1v) is 7.42. The van der Waals surface area contributed by atoms with Crippen LogP contribution in [0.3, 0.4) is 0 Å². The Bertz CT molecular complexity index is 483. The molecule has 4 nitrogen and oxygen atoms in total. The molecular weight excluding hydrogens is 260 g/mol. The Kier molecular flexibility index (Phi) is 3.57. The highest BCUT2D eigenvalue weighted by Crippen LogP contribution is 2.32. The van der Waals surface area contributed by atoms with E-state index in [0.717, 1.165) is 37.7 Å². The number of nitrogens with zero attached hydrogens (tertiary/aromatic N) is 1. The number of carbonyl (C=O) groups excluding carboxylic acids is 2. The summed E-state index contributed by atoms with van der Waals surface area (Å²) in [5.41, 5.74) is 1.38. The first-order chi connectivity index (χ1) is 9.24. The maximum Gasteiger partial charge on any atom is 0.287 e. The summed E-state index contributed by atoms with van der Waals surface area (Å²) >= 11 is 1.10. The Morgan fingerprint density at radius 1 is 1.11 bits per heavy atom. The van der Waals surface area contributed by atoms with Crippen molar-refractivity contribution in [3.63, 3.8) is 0 Å². The second-order valence-electron chi connectivity index (χ2n) is 4.97. The summed E-state index contributed by atoms with van der Waals surface area (Å²) in [6, 6.07) is 10.5. The fourth-order valence-corrected chi connectivity index (χ4v) is 3.67. The fraction of sp³-hybridized carbons (Fsp3) is 0.429. The lowest BCUT2D eigenvalue weighted by Crippen LogP contribution is -2.43. The lowest BCUT2D eigenvalue weighted by molar-refractivity contribution is -0.122. The maximum atomic E-state index is 11.6. The van der Waals surface area contributed by atoms with E-state index in [0.29, 0.717) is 5.92 Å². The monoisotopic (exact) mass is 276 g/mol. The zero-order valence-electron chi connectivity index (χ0n) is 10.5. The van der Waals surface area contributed by atoms with E-state index in [9.17, 15) is 9.59 Å². The molecule has 1 atom stereocenters. The van der Waals surface area contributed by atoms with Gasteiger partial charge in [0.25, 0.3) is 11.1 Å². The van der Waals surface area contributed by atoms with Gasteiger partial charge in [-0.3, -0.25) is 19.8 Å². The molecule has 0 bridgehead atoms. The number of benzene rings is 1. The highest BCUT2D eigenvalue weighted by Gasteiger charge is 2.37. The van der Waals surface area contributed by atoms with E-state index in [4.69, 9.17) is 0 Å². The number of amides is 2. The van der Waals surface area contributed by atoms with Crippen LogP contribution in [0, 0.1) is 0 Å². The highest BCUT2D eigenvalue weighted by molar-refractivity contribution is 8.15. The van der Waals surface area contributed by atoms with Crippen LogP contribution in [0.15, 0.2) is 30.3 Å². The Balaban J connectivity index is 1.61. The third-order valence-electron chi connectivity index (χ3n) is 3.80. The Morgan fingerprint density at radius 3 is 2.37 bits per heavy atom. The van der Waals surface area contributed by atoms with Gasteiger partial charge >= 0.3 is 0 Å². The number of thioether (sulfide) groups is 1. The van der Waals surface area contributed by atoms with E-state index < -0.39 is 0 Å². The molecule has 3 rings (SSSR count). The molecule has 2 amide bonds. The summed E-state index contributed by atoms with van der Waals surface area (Å²) in [5, 5.41) is 1.81. The average molecular weight is 276 g/mol. The van der Waals surface area contributed by atoms with Crippen LogP contribution in [0.2, 0.25) is 0 Å². The predicted octanol–water partition coefficient (Wildman–Crippen LogP) is 2.18. The molecule has 0 aliphatic carbocycles. The van der Waals surface area contributed by atoms with Crippen molar-refractivity contribution < 1.29 is 9.59 Å². The van der Waals surface area contributed by atoms with Crippen molar-refractivity contribution in [2.45, 2.75) is 24.1 Å². The number of nitrogens with one attached hydrogen (secondary N) is 1. The minimum atomic E-state index is -0.316. The van der Waals surface area contributed by atoms with Crippen molar-refractivity contribution >= 4 is 22.9 Å². The number of hydrogen-bond donors (Lipinski definition) is 1. The maximum absolute atomic E-state index is 11.6. The van der Waals surface area contributed by atoms with Crippen molar-refractivity contribution in [1.82, 2.24) is 10.2 Å². The van der Waals surface area contributed by atoms with Crippen LogP contribution >= 0.6 is 11.8 Å². The van der Waals surface area contributed by atoms with Crippen LogP contribution in [0.4, 0.5) is 4.79 Å². The number of hydrogen-bond acceptors (Lipinski definition) is 4. The highest BCUT2D eigenvalue weighted by atomic mass is 32.2. The number of piperidine rings is 1. The smallest absolute Gasteiger partial charge is 0.285 e. The third kappa shape index (κ3) is 2.67. The van der Waals surface area contributed by atoms with Gasteiger partial charge in [0, 0.05) is 13.1 Å². The van der Waals surface area contributed by atoms with Gasteiger partial charge in [-0.25, -0.2) is 0 Å². The average Bonchev–Trinajstić information content (AvgIpc) is 2.79. The summed E-state index contributed by atoms with van der Waals surface area (Å²) in [4.78, 5) is 25.0. The van der Waals surface area contributed by atoms with Gasteiger partial charge in [-0.05, 0) is 36.1 Å². The summed E-state index contributed by atoms with van der Waals surface area (Å²) in [5.74, 6) is 0.413. The van der Waals surface area contributed by atoms with Crippen molar-refractivity contribution in [3.8, 4) is 0 Å². The van der Waals surface area contributed by atoms with E-state index in [-0.39, 0.29) is 16.5 Å². The van der Waals surface area contributed by atoms with Gasteiger partial charge in [0.1, 0.15) is 5.37 Å². The minimum absolute atomic E-state index is 0.159. The normalized spacial score (nSPS) is 25.6. The summed E-state index contributed by atoms with van der Waals surface area (Å²) in [7, 11) is 0. The molecule has 0 spiro atoms. The van der Waals surface area contributed by atoms with Crippen LogP contribution in [-0.4, -0.2) is 34.5 Å². The topological polar surface area (TPSA) is 49.4 Å². The van der Waals surface area contributed by atoms with E-state index in [1.54, 1.807) is 0 Å². The SMILES string of the molecule is O=C1NC(=O)[C@H](N2CCC(c3ccccc3)CC2)S1. The molecule has 2 fully saturated rings. The Morgan fingerprint density at radius 2 is 1.79 bits per heavy atom. The number of rotatable bonds is 2. The van der Waals surface area contributed by atoms with Gasteiger partial charge in [-0.1, -0.05) is 30.3 Å². The largest absolute Gasteiger partial charge is 0.287 e. The summed E-state index contributed by atoms with van der Waals surface area (Å²) in [6.45, 7) is 1.75. The summed E-state index contributed by atoms with van der Waals surface area (Å²) in [6.07, 6.45) is 2.09. The van der Waals surface area contributed by atoms with Crippen LogP contribution in [0.1, 0.15) is 24.3 Å². The van der Waals surface area contributed by atoms with Crippen molar-refractivity contribution in [2.75, 3.05) is 13.1 Å². The molecule has 2 aliphatic rings. The van der Waals surface area contributed by atoms with Crippen LogP contribution in [0.5, 0.6) is 0 Å². The van der Waals surface area contributed by atoms with Gasteiger partial charge in [0.15, 0.2) is 0 Å². The number of likely N-dealkylation sites (tertiary alicyclic amines) is 1. The van der Waals surface area contributed by atoms with E-state index in [1.807, 2.05) is 6.07 Å². The zero-order valence-corrected chi connectivity index (χ0v) is 11.4. The molecule has 2 heterocycles. The second-order valence-corrected chi connectivity index (χ2v) is 6.02. The zero-order chi connectivity index (χ0) is 13.2. The molecule has 2 saturated heterocycles. The number of carbonyl (C=O) groups is 2. The minimum Gasteiger partial charge on any atom is -0.285 e. The van der Waals surface area contributed by atoms with Gasteiger partial charge < -0.3 is 0 Å². The number of imide groups is 1. The Labute approximate surface area is 116 Å². The first kappa shape index (κ1) is 12.7. The Hall–Kier alpha value is -1.33. The molecule has 0 radical (unpaired) electrons. The van der Waals surface area contributed by atoms with Crippen LogP contribution in [0.25, 0.3) is 0 Å². The van der Waals surface area contributed by atoms with E-state index >= 15 is 0 Å². The van der Waals surface area contributed by atoms with Crippen molar-refractivity contribution in [3.05, 3.63) is 35.9 Å². The van der Waals surface area contributed by atoms with Gasteiger partial charge in [-0.2, -0.15) is 0 Å². The standard InChI is InChI=1S/C14H16N2O2S/c17-12-13(19-14(18)15-12)16-8-6-11(7-9-16)10-4-2-1-3-5-10/h1-5,11,13H,6-9H2,(H,15,17,18)/t13-/m1/s1. The molecule has 1 aromatic rings. The van der Waals surface area contributed by atoms with Gasteiger partial charge in [0.05, 0.1) is 0 Å². The molecule has 1 aromatic carbocycles. The first-order valence-electron chi connectivity index (χ1n) is 6.54. The van der Waals surface area contributed by atoms with Gasteiger partial charge in [-0.15, -0.1) is 0 Å². The quantitative estimate of drug-likeness (QED) is 0.899. The fourth-order valence-electron chi connectivity index (χ4n) is 2.78. The molecule has 0 aromatic heterocycles. The molecule has 19 heavy (non-hydrogen) atoms. The van der Waals surface area contributed by atoms with Crippen molar-refractivity contribution in [2.24, 2.45) is 0 Å². The predicted molar refractivity (Wildman–Crippen MR) is 74.9 cm³/mol. The molecule has 100 valence electrons. The van der Waals surface area contributed by atoms with Crippen LogP contribution < -0.4 is 5.32 Å². The third-order valence-corrected chi connectivity index (χ3v) is 4.85. The lowest BCUT2D eigenvalue weighted by Gasteiger charge is -2.34. The van der Waals surface area contributed by atoms with Crippen LogP contribution in [-0.2, 0) is 4.79 Å². The van der Waals surface area contributed by atoms with Crippen molar-refractivity contribution in [1.29, 1.82) is 0 Å². The molecule has 1 N–H and O–H groups in total. The second kappa shape index (κ2) is 5.35. The molecule has 0 saturated carbocycles. The van der Waals surface area contributed by atoms with E-state index in [2.05, 4.69) is 34.5 Å².